The molecule has 0 aliphatic rings. The topological polar surface area (TPSA) is 95.9 Å². The molecule has 0 saturated carbocycles. The summed E-state index contributed by atoms with van der Waals surface area (Å²) in [6, 6.07) is -0.747. The van der Waals surface area contributed by atoms with E-state index in [-0.39, 0.29) is 24.9 Å². The lowest BCUT2D eigenvalue weighted by atomic mass is 10.0. The number of nitrogens with one attached hydrogen (secondary N) is 1. The average molecular weight is 892 g/mol. The Morgan fingerprint density at radius 3 is 1.33 bits per heavy atom. The predicted octanol–water partition coefficient (Wildman–Crippen LogP) is 16.3. The van der Waals surface area contributed by atoms with Gasteiger partial charge in [0.1, 0.15) is 6.10 Å². The van der Waals surface area contributed by atoms with Crippen LogP contribution in [0.4, 0.5) is 0 Å². The third-order valence-corrected chi connectivity index (χ3v) is 11.7. The first-order valence-corrected chi connectivity index (χ1v) is 26.8. The molecule has 3 N–H and O–H groups in total. The molecule has 1 amide bonds. The molecular formula is C58H101NO5. The minimum absolute atomic E-state index is 0.0522. The third kappa shape index (κ3) is 45.6. The van der Waals surface area contributed by atoms with Crippen LogP contribution in [0.5, 0.6) is 0 Å². The number of amides is 1. The van der Waals surface area contributed by atoms with Gasteiger partial charge < -0.3 is 20.3 Å². The van der Waals surface area contributed by atoms with E-state index in [0.717, 1.165) is 83.5 Å². The lowest BCUT2D eigenvalue weighted by Gasteiger charge is -2.23. The van der Waals surface area contributed by atoms with E-state index in [9.17, 15) is 19.8 Å². The van der Waals surface area contributed by atoms with Gasteiger partial charge in [-0.25, -0.2) is 0 Å². The van der Waals surface area contributed by atoms with Gasteiger partial charge >= 0.3 is 5.97 Å². The predicted molar refractivity (Wildman–Crippen MR) is 278 cm³/mol. The molecule has 0 aliphatic carbocycles. The van der Waals surface area contributed by atoms with Gasteiger partial charge in [-0.3, -0.25) is 9.59 Å². The molecule has 64 heavy (non-hydrogen) atoms. The molecule has 0 aromatic rings. The molecule has 0 radical (unpaired) electrons. The zero-order valence-corrected chi connectivity index (χ0v) is 41.9. The number of unbranched alkanes of at least 4 members (excludes halogenated alkanes) is 23. The van der Waals surface area contributed by atoms with Gasteiger partial charge in [-0.15, -0.1) is 0 Å². The van der Waals surface area contributed by atoms with Crippen molar-refractivity contribution >= 4 is 11.9 Å². The second kappa shape index (κ2) is 51.0. The molecule has 0 aromatic heterocycles. The molecule has 6 heteroatoms. The van der Waals surface area contributed by atoms with Gasteiger partial charge in [-0.1, -0.05) is 241 Å². The summed E-state index contributed by atoms with van der Waals surface area (Å²) >= 11 is 0. The highest BCUT2D eigenvalue weighted by atomic mass is 16.5. The van der Waals surface area contributed by atoms with E-state index in [4.69, 9.17) is 4.74 Å². The molecule has 0 aliphatic heterocycles. The number of hydrogen-bond acceptors (Lipinski definition) is 5. The second-order valence-corrected chi connectivity index (χ2v) is 17.9. The summed E-state index contributed by atoms with van der Waals surface area (Å²) in [6.45, 7) is 6.23. The first-order chi connectivity index (χ1) is 31.5. The van der Waals surface area contributed by atoms with Gasteiger partial charge in [-0.2, -0.15) is 0 Å². The molecule has 0 heterocycles. The van der Waals surface area contributed by atoms with Crippen LogP contribution in [0.15, 0.2) is 85.1 Å². The molecule has 0 saturated heterocycles. The Bertz CT molecular complexity index is 1230. The lowest BCUT2D eigenvalue weighted by molar-refractivity contribution is -0.148. The molecule has 3 unspecified atom stereocenters. The van der Waals surface area contributed by atoms with Crippen LogP contribution in [0.2, 0.25) is 0 Å². The zero-order chi connectivity index (χ0) is 46.7. The number of hydrogen-bond donors (Lipinski definition) is 3. The number of aliphatic hydroxyl groups is 2. The van der Waals surface area contributed by atoms with Crippen molar-refractivity contribution in [3.63, 3.8) is 0 Å². The van der Waals surface area contributed by atoms with Crippen LogP contribution in [0.3, 0.4) is 0 Å². The van der Waals surface area contributed by atoms with Gasteiger partial charge in [0.2, 0.25) is 5.91 Å². The summed E-state index contributed by atoms with van der Waals surface area (Å²) in [6.07, 6.45) is 66.8. The molecule has 0 fully saturated rings. The number of carbonyl (C=O) groups is 2. The molecule has 0 aromatic carbocycles. The molecule has 6 nitrogen and oxygen atoms in total. The summed E-state index contributed by atoms with van der Waals surface area (Å²) in [5.41, 5.74) is 0. The Hall–Kier alpha value is -2.96. The van der Waals surface area contributed by atoms with E-state index in [2.05, 4.69) is 99.0 Å². The number of rotatable bonds is 47. The minimum atomic E-state index is -0.824. The molecule has 0 spiro atoms. The summed E-state index contributed by atoms with van der Waals surface area (Å²) < 4.78 is 5.82. The van der Waals surface area contributed by atoms with Crippen LogP contribution >= 0.6 is 0 Å². The zero-order valence-electron chi connectivity index (χ0n) is 41.9. The van der Waals surface area contributed by atoms with E-state index >= 15 is 0 Å². The Balaban J connectivity index is 4.66. The highest BCUT2D eigenvalue weighted by Gasteiger charge is 2.23. The molecule has 3 atom stereocenters. The fourth-order valence-corrected chi connectivity index (χ4v) is 7.72. The van der Waals surface area contributed by atoms with Crippen molar-refractivity contribution in [2.75, 3.05) is 6.61 Å². The van der Waals surface area contributed by atoms with Crippen molar-refractivity contribution in [3.05, 3.63) is 85.1 Å². The second-order valence-electron chi connectivity index (χ2n) is 17.9. The highest BCUT2D eigenvalue weighted by Crippen LogP contribution is 2.16. The number of esters is 1. The number of carbonyl (C=O) groups excluding carboxylic acids is 2. The van der Waals surface area contributed by atoms with Crippen LogP contribution < -0.4 is 5.32 Å². The van der Waals surface area contributed by atoms with Crippen LogP contribution in [-0.4, -0.2) is 46.9 Å². The first-order valence-electron chi connectivity index (χ1n) is 26.8. The summed E-state index contributed by atoms with van der Waals surface area (Å²) in [7, 11) is 0. The van der Waals surface area contributed by atoms with Crippen molar-refractivity contribution in [1.82, 2.24) is 5.32 Å². The normalized spacial score (nSPS) is 13.9. The van der Waals surface area contributed by atoms with Crippen molar-refractivity contribution < 1.29 is 24.5 Å². The van der Waals surface area contributed by atoms with Crippen molar-refractivity contribution in [2.24, 2.45) is 0 Å². The van der Waals surface area contributed by atoms with Gasteiger partial charge in [-0.05, 0) is 76.7 Å². The monoisotopic (exact) mass is 892 g/mol. The van der Waals surface area contributed by atoms with Crippen LogP contribution in [0.25, 0.3) is 0 Å². The SMILES string of the molecule is CC/C=C/C/C=C/C/C=C/C/C=C/C/C=C/C(CC(=O)NC(CO)C(O)CCCCCCCCCCCCCCCCCCC)OC(=O)CCCCCCCCC/C=C/C/C=C/CC. The largest absolute Gasteiger partial charge is 0.458 e. The minimum Gasteiger partial charge on any atom is -0.458 e. The van der Waals surface area contributed by atoms with Crippen LogP contribution in [0.1, 0.15) is 245 Å². The van der Waals surface area contributed by atoms with Crippen molar-refractivity contribution in [2.45, 2.75) is 264 Å². The molecule has 0 bridgehead atoms. The van der Waals surface area contributed by atoms with Gasteiger partial charge in [0.05, 0.1) is 25.2 Å². The van der Waals surface area contributed by atoms with Gasteiger partial charge in [0.15, 0.2) is 0 Å². The smallest absolute Gasteiger partial charge is 0.306 e. The molecule has 368 valence electrons. The van der Waals surface area contributed by atoms with Crippen molar-refractivity contribution in [1.29, 1.82) is 0 Å². The maximum atomic E-state index is 13.2. The Kier molecular flexibility index (Phi) is 48.7. The fourth-order valence-electron chi connectivity index (χ4n) is 7.72. The van der Waals surface area contributed by atoms with E-state index < -0.39 is 18.2 Å². The fraction of sp³-hybridized carbons (Fsp3) is 0.724. The molecular weight excluding hydrogens is 791 g/mol. The highest BCUT2D eigenvalue weighted by molar-refractivity contribution is 5.78. The molecule has 0 rings (SSSR count). The van der Waals surface area contributed by atoms with Gasteiger partial charge in [0, 0.05) is 6.42 Å². The average Bonchev–Trinajstić information content (AvgIpc) is 3.29. The summed E-state index contributed by atoms with van der Waals surface area (Å²) in [5.74, 6) is -0.639. The Morgan fingerprint density at radius 1 is 0.484 bits per heavy atom. The van der Waals surface area contributed by atoms with Crippen LogP contribution in [0, 0.1) is 0 Å². The van der Waals surface area contributed by atoms with E-state index in [1.165, 1.54) is 116 Å². The first kappa shape index (κ1) is 61.0. The maximum Gasteiger partial charge on any atom is 0.306 e. The standard InChI is InChI=1S/C58H101NO5/c1-4-7-10-13-16-19-22-25-28-29-30-32-35-38-41-44-47-50-56(61)55(53-60)59-57(62)52-54(49-46-43-40-37-34-31-26-23-20-17-14-11-8-5-2)64-58(63)51-48-45-42-39-36-33-27-24-21-18-15-12-9-6-3/h8-9,11-12,17-18,20-21,26,31,37,40,46,49,54-56,60-61H,4-7,10,13-16,19,22-25,27-30,32-36,38-39,41-45,47-48,50-53H2,1-3H3,(H,59,62)/b11-8+,12-9+,20-17+,21-18+,31-26+,40-37+,49-46+. The van der Waals surface area contributed by atoms with E-state index in [0.29, 0.717) is 19.3 Å². The number of aliphatic hydroxyl groups excluding tert-OH is 2. The third-order valence-electron chi connectivity index (χ3n) is 11.7. The Morgan fingerprint density at radius 2 is 0.875 bits per heavy atom. The maximum absolute atomic E-state index is 13.2. The van der Waals surface area contributed by atoms with Crippen molar-refractivity contribution in [3.8, 4) is 0 Å². The van der Waals surface area contributed by atoms with E-state index in [1.807, 2.05) is 6.08 Å². The Labute approximate surface area is 395 Å². The quantitative estimate of drug-likeness (QED) is 0.0321. The van der Waals surface area contributed by atoms with E-state index in [1.54, 1.807) is 6.08 Å². The number of ether oxygens (including phenoxy) is 1. The number of allylic oxidation sites excluding steroid dienone is 13. The summed E-state index contributed by atoms with van der Waals surface area (Å²) in [5, 5.41) is 23.8. The van der Waals surface area contributed by atoms with Gasteiger partial charge in [0.25, 0.3) is 0 Å². The van der Waals surface area contributed by atoms with Crippen LogP contribution in [-0.2, 0) is 14.3 Å². The summed E-state index contributed by atoms with van der Waals surface area (Å²) in [4.78, 5) is 26.1. The lowest BCUT2D eigenvalue weighted by Crippen LogP contribution is -2.46.